The molecular weight excluding hydrogens is 722 g/mol. The first kappa shape index (κ1) is 43.7. The molecule has 14 heteroatoms. The van der Waals surface area contributed by atoms with Crippen LogP contribution in [0.15, 0.2) is 29.4 Å². The maximum absolute atomic E-state index is 14.5. The monoisotopic (exact) mass is 783 g/mol. The van der Waals surface area contributed by atoms with Gasteiger partial charge in [-0.3, -0.25) is 14.4 Å². The van der Waals surface area contributed by atoms with Crippen LogP contribution in [0.5, 0.6) is 0 Å². The minimum absolute atomic E-state index is 0.0186. The van der Waals surface area contributed by atoms with E-state index in [-0.39, 0.29) is 50.6 Å². The number of oxime groups is 1. The van der Waals surface area contributed by atoms with Gasteiger partial charge in [-0.05, 0) is 78.7 Å². The SMILES string of the molecule is CC[C@H]1OC(=O)[C@H](C)[C@H]2OC/C(=N/OCc3cccc(C#N)c3)CO[C@](C)(C[C@@H](C)C(=O)[C@H](C)[C@@H]3CC(=O)O[C@]13C)[C@H](O[C@@H]1O[C@H](C)C[C@H](N(C)C)[C@H]1O)[C@H]2C. The van der Waals surface area contributed by atoms with Crippen LogP contribution >= 0.6 is 0 Å². The highest BCUT2D eigenvalue weighted by Gasteiger charge is 2.57. The Labute approximate surface area is 331 Å². The number of nitrogens with zero attached hydrogens (tertiary/aromatic N) is 3. The third kappa shape index (κ3) is 9.30. The number of aliphatic hydroxyl groups is 1. The van der Waals surface area contributed by atoms with Crippen LogP contribution in [-0.4, -0.2) is 115 Å². The lowest BCUT2D eigenvalue weighted by molar-refractivity contribution is -0.302. The zero-order chi connectivity index (χ0) is 41.1. The number of aliphatic hydroxyl groups excluding tert-OH is 1. The van der Waals surface area contributed by atoms with E-state index >= 15 is 0 Å². The van der Waals surface area contributed by atoms with Gasteiger partial charge in [-0.25, -0.2) is 0 Å². The maximum atomic E-state index is 14.5. The summed E-state index contributed by atoms with van der Waals surface area (Å²) in [6.45, 7) is 14.6. The highest BCUT2D eigenvalue weighted by Crippen LogP contribution is 2.46. The largest absolute Gasteiger partial charge is 0.458 e. The second-order valence-corrected chi connectivity index (χ2v) is 17.0. The molecule has 0 saturated carbocycles. The van der Waals surface area contributed by atoms with Crippen molar-refractivity contribution in [1.82, 2.24) is 4.90 Å². The van der Waals surface area contributed by atoms with E-state index in [1.165, 1.54) is 0 Å². The Hall–Kier alpha value is -3.45. The molecule has 1 N–H and O–H groups in total. The van der Waals surface area contributed by atoms with Gasteiger partial charge in [-0.2, -0.15) is 5.26 Å². The van der Waals surface area contributed by atoms with Crippen molar-refractivity contribution in [2.45, 2.75) is 142 Å². The molecule has 4 heterocycles. The molecule has 1 aromatic carbocycles. The van der Waals surface area contributed by atoms with E-state index in [0.717, 1.165) is 5.56 Å². The topological polar surface area (TPSA) is 175 Å². The average molecular weight is 784 g/mol. The molecule has 4 aliphatic heterocycles. The summed E-state index contributed by atoms with van der Waals surface area (Å²) in [4.78, 5) is 49.4. The smallest absolute Gasteiger partial charge is 0.311 e. The van der Waals surface area contributed by atoms with Crippen LogP contribution in [0.2, 0.25) is 0 Å². The number of ether oxygens (including phenoxy) is 6. The van der Waals surface area contributed by atoms with E-state index in [1.54, 1.807) is 32.0 Å². The van der Waals surface area contributed by atoms with Crippen molar-refractivity contribution in [3.63, 3.8) is 0 Å². The number of carbonyl (C=O) groups excluding carboxylic acids is 3. The lowest BCUT2D eigenvalue weighted by Crippen LogP contribution is -2.60. The molecule has 56 heavy (non-hydrogen) atoms. The Morgan fingerprint density at radius 1 is 1.07 bits per heavy atom. The summed E-state index contributed by atoms with van der Waals surface area (Å²) in [6.07, 6.45) is -3.76. The molecule has 310 valence electrons. The molecule has 0 aliphatic carbocycles. The fraction of sp³-hybridized carbons (Fsp3) is 0.738. The molecule has 0 aromatic heterocycles. The van der Waals surface area contributed by atoms with Gasteiger partial charge in [0, 0.05) is 29.7 Å². The number of esters is 2. The molecule has 0 amide bonds. The zero-order valence-electron chi connectivity index (χ0n) is 34.6. The van der Waals surface area contributed by atoms with Crippen LogP contribution in [0.4, 0.5) is 0 Å². The van der Waals surface area contributed by atoms with Gasteiger partial charge >= 0.3 is 11.9 Å². The van der Waals surface area contributed by atoms with E-state index < -0.39 is 83.4 Å². The third-order valence-corrected chi connectivity index (χ3v) is 12.5. The van der Waals surface area contributed by atoms with Gasteiger partial charge in [0.1, 0.15) is 35.9 Å². The van der Waals surface area contributed by atoms with Crippen molar-refractivity contribution in [2.24, 2.45) is 34.7 Å². The summed E-state index contributed by atoms with van der Waals surface area (Å²) in [5.74, 6) is -4.33. The van der Waals surface area contributed by atoms with Gasteiger partial charge in [0.15, 0.2) is 6.29 Å². The van der Waals surface area contributed by atoms with Crippen LogP contribution in [0, 0.1) is 40.9 Å². The minimum atomic E-state index is -1.25. The second kappa shape index (κ2) is 18.0. The first-order chi connectivity index (χ1) is 26.4. The van der Waals surface area contributed by atoms with E-state index in [2.05, 4.69) is 11.2 Å². The first-order valence-electron chi connectivity index (χ1n) is 20.0. The number of Topliss-reactive ketones (excluding diaryl/α,β-unsaturated/α-hetero) is 1. The van der Waals surface area contributed by atoms with Crippen molar-refractivity contribution in [3.8, 4) is 6.07 Å². The molecule has 0 spiro atoms. The van der Waals surface area contributed by atoms with Crippen molar-refractivity contribution in [3.05, 3.63) is 35.4 Å². The molecule has 4 fully saturated rings. The van der Waals surface area contributed by atoms with E-state index in [0.29, 0.717) is 24.1 Å². The number of cyclic esters (lactones) is 1. The Bertz CT molecular complexity index is 1650. The van der Waals surface area contributed by atoms with Gasteiger partial charge < -0.3 is 43.3 Å². The second-order valence-electron chi connectivity index (χ2n) is 17.0. The summed E-state index contributed by atoms with van der Waals surface area (Å²) < 4.78 is 38.8. The van der Waals surface area contributed by atoms with Crippen LogP contribution in [-0.2, 0) is 54.2 Å². The minimum Gasteiger partial charge on any atom is -0.458 e. The number of carbonyl (C=O) groups is 3. The molecule has 14 atom stereocenters. The number of rotatable bonds is 7. The molecule has 1 aromatic rings. The maximum Gasteiger partial charge on any atom is 0.311 e. The summed E-state index contributed by atoms with van der Waals surface area (Å²) in [5.41, 5.74) is -0.839. The van der Waals surface area contributed by atoms with Gasteiger partial charge in [-0.15, -0.1) is 0 Å². The first-order valence-corrected chi connectivity index (χ1v) is 20.0. The molecular formula is C42H61N3O11. The highest BCUT2D eigenvalue weighted by molar-refractivity contribution is 5.87. The van der Waals surface area contributed by atoms with E-state index in [4.69, 9.17) is 33.3 Å². The number of fused-ring (bicyclic) bond motifs is 4. The zero-order valence-corrected chi connectivity index (χ0v) is 34.6. The predicted octanol–water partition coefficient (Wildman–Crippen LogP) is 4.58. The van der Waals surface area contributed by atoms with Gasteiger partial charge in [-0.1, -0.05) is 45.0 Å². The van der Waals surface area contributed by atoms with Gasteiger partial charge in [0.2, 0.25) is 0 Å². The fourth-order valence-corrected chi connectivity index (χ4v) is 9.33. The molecule has 14 nitrogen and oxygen atoms in total. The predicted molar refractivity (Wildman–Crippen MR) is 204 cm³/mol. The number of benzene rings is 1. The highest BCUT2D eigenvalue weighted by atomic mass is 16.7. The van der Waals surface area contributed by atoms with Gasteiger partial charge in [0.05, 0.1) is 61.1 Å². The molecule has 2 bridgehead atoms. The summed E-state index contributed by atoms with van der Waals surface area (Å²) in [5, 5.41) is 25.4. The van der Waals surface area contributed by atoms with Crippen molar-refractivity contribution in [2.75, 3.05) is 27.3 Å². The Balaban J connectivity index is 1.59. The molecule has 0 unspecified atom stereocenters. The van der Waals surface area contributed by atoms with Crippen molar-refractivity contribution in [1.29, 1.82) is 5.26 Å². The van der Waals surface area contributed by atoms with Crippen LogP contribution in [0.25, 0.3) is 0 Å². The average Bonchev–Trinajstić information content (AvgIpc) is 3.49. The fourth-order valence-electron chi connectivity index (χ4n) is 9.33. The lowest BCUT2D eigenvalue weighted by Gasteiger charge is -2.48. The molecule has 4 aliphatic rings. The summed E-state index contributed by atoms with van der Waals surface area (Å²) in [7, 11) is 3.80. The molecule has 0 radical (unpaired) electrons. The Morgan fingerprint density at radius 2 is 1.80 bits per heavy atom. The number of hydrogen-bond donors (Lipinski definition) is 1. The van der Waals surface area contributed by atoms with Crippen LogP contribution in [0.3, 0.4) is 0 Å². The van der Waals surface area contributed by atoms with E-state index in [9.17, 15) is 24.8 Å². The summed E-state index contributed by atoms with van der Waals surface area (Å²) in [6, 6.07) is 8.88. The van der Waals surface area contributed by atoms with Crippen molar-refractivity contribution >= 4 is 23.4 Å². The van der Waals surface area contributed by atoms with Crippen LogP contribution in [0.1, 0.15) is 92.2 Å². The summed E-state index contributed by atoms with van der Waals surface area (Å²) >= 11 is 0. The normalized spacial score (nSPS) is 40.8. The molecule has 4 saturated heterocycles. The molecule has 5 rings (SSSR count). The standard InChI is InChI=1S/C42H61N3O11/c1-11-33-42(8)31(17-34(46)56-42)25(4)35(47)23(2)18-41(7)38(55-40-36(48)32(45(9)10)15-24(3)53-40)26(5)37(27(6)39(49)54-33)50-21-30(22-51-41)44-52-20-29-14-12-13-28(16-29)19-43/h12-14,16,23-27,31-33,36-38,40,48H,11,15,17-18,20-22H2,1-10H3/b44-30-/t23-,24-,25-,26+,27-,31+,32+,33-,36-,37+,38-,40+,41-,42+/m1/s1. The number of likely N-dealkylation sites (N-methyl/N-ethyl adjacent to an activating group) is 1. The van der Waals surface area contributed by atoms with E-state index in [1.807, 2.05) is 66.6 Å². The number of ketones is 1. The number of hydrogen-bond acceptors (Lipinski definition) is 14. The number of nitriles is 1. The third-order valence-electron chi connectivity index (χ3n) is 12.5. The van der Waals surface area contributed by atoms with Gasteiger partial charge in [0.25, 0.3) is 0 Å². The Morgan fingerprint density at radius 3 is 2.48 bits per heavy atom. The van der Waals surface area contributed by atoms with Crippen molar-refractivity contribution < 1.29 is 52.7 Å². The van der Waals surface area contributed by atoms with Crippen LogP contribution < -0.4 is 0 Å². The lowest BCUT2D eigenvalue weighted by atomic mass is 9.70. The quantitative estimate of drug-likeness (QED) is 0.301. The Kier molecular flexibility index (Phi) is 14.0.